The quantitative estimate of drug-likeness (QED) is 0.480. The van der Waals surface area contributed by atoms with Gasteiger partial charge in [0.25, 0.3) is 11.1 Å². The fraction of sp³-hybridized carbons (Fsp3) is 0. The molecule has 9 nitrogen and oxygen atoms in total. The van der Waals surface area contributed by atoms with Crippen molar-refractivity contribution in [2.45, 2.75) is 0 Å². The summed E-state index contributed by atoms with van der Waals surface area (Å²) < 4.78 is 1.35. The smallest absolute Gasteiger partial charge is 0.311 e. The molecule has 0 aliphatic carbocycles. The first-order chi connectivity index (χ1) is 8.65. The zero-order chi connectivity index (χ0) is 12.7. The van der Waals surface area contributed by atoms with Crippen LogP contribution in [0.4, 0.5) is 0 Å². The van der Waals surface area contributed by atoms with E-state index in [0.717, 1.165) is 0 Å². The van der Waals surface area contributed by atoms with Crippen LogP contribution in [0, 0.1) is 0 Å². The lowest BCUT2D eigenvalue weighted by atomic mass is 10.5. The molecule has 0 radical (unpaired) electrons. The Morgan fingerprint density at radius 1 is 1.11 bits per heavy atom. The molecule has 90 valence electrons. The van der Waals surface area contributed by atoms with Crippen molar-refractivity contribution in [2.75, 3.05) is 0 Å². The minimum atomic E-state index is -0.649. The molecule has 3 heterocycles. The van der Waals surface area contributed by atoms with Crippen molar-refractivity contribution < 1.29 is 0 Å². The number of hydrogen-bond donors (Lipinski definition) is 3. The molecule has 0 bridgehead atoms. The maximum absolute atomic E-state index is 11.4. The Balaban J connectivity index is 2.39. The fourth-order valence-electron chi connectivity index (χ4n) is 1.61. The molecule has 3 N–H and O–H groups in total. The summed E-state index contributed by atoms with van der Waals surface area (Å²) in [7, 11) is 0. The van der Waals surface area contributed by atoms with E-state index in [9.17, 15) is 14.4 Å². The molecule has 3 aromatic rings. The number of aromatic amines is 3. The minimum Gasteiger partial charge on any atom is -0.311 e. The van der Waals surface area contributed by atoms with Gasteiger partial charge in [0.2, 0.25) is 0 Å². The summed E-state index contributed by atoms with van der Waals surface area (Å²) in [5, 5.41) is 0. The Hall–Kier alpha value is -2.97. The second-order valence-corrected chi connectivity index (χ2v) is 3.49. The predicted octanol–water partition coefficient (Wildman–Crippen LogP) is -1.51. The number of imidazole rings is 1. The Morgan fingerprint density at radius 2 is 1.94 bits per heavy atom. The summed E-state index contributed by atoms with van der Waals surface area (Å²) in [5.74, 6) is 0.185. The molecule has 18 heavy (non-hydrogen) atoms. The van der Waals surface area contributed by atoms with Crippen LogP contribution in [0.2, 0.25) is 0 Å². The monoisotopic (exact) mass is 246 g/mol. The molecule has 0 amide bonds. The molecule has 0 saturated carbocycles. The van der Waals surface area contributed by atoms with Gasteiger partial charge in [0.05, 0.1) is 6.33 Å². The molecule has 0 aromatic carbocycles. The highest BCUT2D eigenvalue weighted by atomic mass is 16.2. The topological polar surface area (TPSA) is 129 Å². The van der Waals surface area contributed by atoms with Crippen LogP contribution < -0.4 is 16.8 Å². The summed E-state index contributed by atoms with van der Waals surface area (Å²) in [6.45, 7) is 0. The van der Waals surface area contributed by atoms with E-state index in [1.54, 1.807) is 0 Å². The van der Waals surface area contributed by atoms with Gasteiger partial charge in [0, 0.05) is 6.07 Å². The molecule has 0 aliphatic heterocycles. The normalized spacial score (nSPS) is 10.9. The second-order valence-electron chi connectivity index (χ2n) is 3.49. The van der Waals surface area contributed by atoms with Gasteiger partial charge in [0.1, 0.15) is 12.1 Å². The van der Waals surface area contributed by atoms with Crippen LogP contribution in [0.5, 0.6) is 0 Å². The largest absolute Gasteiger partial charge is 0.327 e. The summed E-state index contributed by atoms with van der Waals surface area (Å²) >= 11 is 0. The van der Waals surface area contributed by atoms with Gasteiger partial charge in [-0.05, 0) is 0 Å². The molecule has 0 spiro atoms. The van der Waals surface area contributed by atoms with Gasteiger partial charge < -0.3 is 4.98 Å². The Labute approximate surface area is 97.2 Å². The van der Waals surface area contributed by atoms with Crippen LogP contribution in [-0.2, 0) is 0 Å². The minimum absolute atomic E-state index is 0.124. The van der Waals surface area contributed by atoms with Gasteiger partial charge in [-0.15, -0.1) is 0 Å². The van der Waals surface area contributed by atoms with Crippen molar-refractivity contribution >= 4 is 11.2 Å². The molecule has 0 fully saturated rings. The van der Waals surface area contributed by atoms with Gasteiger partial charge >= 0.3 is 5.69 Å². The molecule has 9 heteroatoms. The van der Waals surface area contributed by atoms with Crippen molar-refractivity contribution in [1.29, 1.82) is 0 Å². The third kappa shape index (κ3) is 1.45. The number of hydrogen-bond acceptors (Lipinski definition) is 5. The number of nitrogens with one attached hydrogen (secondary N) is 3. The van der Waals surface area contributed by atoms with E-state index >= 15 is 0 Å². The van der Waals surface area contributed by atoms with E-state index in [-0.39, 0.29) is 17.0 Å². The zero-order valence-electron chi connectivity index (χ0n) is 8.80. The van der Waals surface area contributed by atoms with Crippen LogP contribution in [0.1, 0.15) is 0 Å². The maximum atomic E-state index is 11.4. The lowest BCUT2D eigenvalue weighted by Gasteiger charge is -2.00. The van der Waals surface area contributed by atoms with Gasteiger partial charge in [0.15, 0.2) is 11.2 Å². The van der Waals surface area contributed by atoms with Crippen LogP contribution in [0.15, 0.2) is 33.1 Å². The maximum Gasteiger partial charge on any atom is 0.327 e. The highest BCUT2D eigenvalue weighted by Gasteiger charge is 2.09. The fourth-order valence-corrected chi connectivity index (χ4v) is 1.61. The molecule has 3 rings (SSSR count). The van der Waals surface area contributed by atoms with Crippen LogP contribution in [0.3, 0.4) is 0 Å². The van der Waals surface area contributed by atoms with Gasteiger partial charge in [-0.25, -0.2) is 14.8 Å². The van der Waals surface area contributed by atoms with Crippen molar-refractivity contribution in [3.05, 3.63) is 49.9 Å². The van der Waals surface area contributed by atoms with Gasteiger partial charge in [-0.2, -0.15) is 0 Å². The summed E-state index contributed by atoms with van der Waals surface area (Å²) in [5.41, 5.74) is -1.23. The van der Waals surface area contributed by atoms with Crippen molar-refractivity contribution in [1.82, 2.24) is 29.5 Å². The average molecular weight is 246 g/mol. The number of H-pyrrole nitrogens is 3. The summed E-state index contributed by atoms with van der Waals surface area (Å²) in [6, 6.07) is 1.17. The molecular formula is C9H6N6O3. The van der Waals surface area contributed by atoms with Crippen molar-refractivity contribution in [3.63, 3.8) is 0 Å². The third-order valence-electron chi connectivity index (χ3n) is 2.35. The van der Waals surface area contributed by atoms with E-state index in [1.165, 1.54) is 23.3 Å². The molecule has 0 unspecified atom stereocenters. The molecule has 0 atom stereocenters. The standard InChI is InChI=1S/C9H6N6O3/c16-5-1-4(13-9(18)14-5)15-3-12-6-7(15)10-2-11-8(6)17/h1-3H,(H,10,11,17)(H2,13,14,16,18). The van der Waals surface area contributed by atoms with Crippen LogP contribution >= 0.6 is 0 Å². The van der Waals surface area contributed by atoms with E-state index in [4.69, 9.17) is 0 Å². The lowest BCUT2D eigenvalue weighted by Crippen LogP contribution is -2.23. The zero-order valence-corrected chi connectivity index (χ0v) is 8.80. The number of fused-ring (bicyclic) bond motifs is 1. The van der Waals surface area contributed by atoms with Crippen molar-refractivity contribution in [2.24, 2.45) is 0 Å². The SMILES string of the molecule is O=c1cc(-n2cnc3c(=O)[nH]cnc32)[nH]c(=O)[nH]1. The number of nitrogens with zero attached hydrogens (tertiary/aromatic N) is 3. The first kappa shape index (κ1) is 10.2. The second kappa shape index (κ2) is 3.52. The molecule has 0 aliphatic rings. The van der Waals surface area contributed by atoms with Gasteiger partial charge in [-0.3, -0.25) is 24.1 Å². The number of rotatable bonds is 1. The summed E-state index contributed by atoms with van der Waals surface area (Å²) in [4.78, 5) is 48.5. The number of aromatic nitrogens is 6. The lowest BCUT2D eigenvalue weighted by molar-refractivity contribution is 0.933. The molecule has 0 saturated heterocycles. The Morgan fingerprint density at radius 3 is 2.72 bits per heavy atom. The first-order valence-electron chi connectivity index (χ1n) is 4.90. The Kier molecular flexibility index (Phi) is 1.99. The highest BCUT2D eigenvalue weighted by molar-refractivity contribution is 5.70. The molecular weight excluding hydrogens is 240 g/mol. The third-order valence-corrected chi connectivity index (χ3v) is 2.35. The van der Waals surface area contributed by atoms with E-state index in [0.29, 0.717) is 0 Å². The van der Waals surface area contributed by atoms with Crippen LogP contribution in [-0.4, -0.2) is 29.5 Å². The summed E-state index contributed by atoms with van der Waals surface area (Å²) in [6.07, 6.45) is 2.52. The predicted molar refractivity (Wildman–Crippen MR) is 60.7 cm³/mol. The van der Waals surface area contributed by atoms with E-state index < -0.39 is 16.8 Å². The van der Waals surface area contributed by atoms with Gasteiger partial charge in [-0.1, -0.05) is 0 Å². The first-order valence-corrected chi connectivity index (χ1v) is 4.90. The highest BCUT2D eigenvalue weighted by Crippen LogP contribution is 2.08. The van der Waals surface area contributed by atoms with Crippen LogP contribution in [0.25, 0.3) is 17.0 Å². The van der Waals surface area contributed by atoms with E-state index in [2.05, 4.69) is 19.9 Å². The average Bonchev–Trinajstić information content (AvgIpc) is 2.73. The molecule has 3 aromatic heterocycles. The van der Waals surface area contributed by atoms with Crippen molar-refractivity contribution in [3.8, 4) is 5.82 Å². The Bertz CT molecular complexity index is 870. The van der Waals surface area contributed by atoms with E-state index in [1.807, 2.05) is 4.98 Å².